The van der Waals surface area contributed by atoms with Crippen molar-refractivity contribution in [2.45, 2.75) is 38.6 Å². The number of hydrogen-bond acceptors (Lipinski definition) is 3. The molecule has 0 aliphatic heterocycles. The van der Waals surface area contributed by atoms with Crippen LogP contribution in [0.15, 0.2) is 36.5 Å². The Bertz CT molecular complexity index is 627. The fourth-order valence-corrected chi connectivity index (χ4v) is 2.51. The van der Waals surface area contributed by atoms with Crippen LogP contribution in [0, 0.1) is 0 Å². The van der Waals surface area contributed by atoms with Gasteiger partial charge in [-0.25, -0.2) is 0 Å². The van der Waals surface area contributed by atoms with Gasteiger partial charge in [0.25, 0.3) is 0 Å². The van der Waals surface area contributed by atoms with Crippen LogP contribution in [0.4, 0.5) is 0 Å². The monoisotopic (exact) mass is 286 g/mol. The zero-order chi connectivity index (χ0) is 15.3. The first-order valence-corrected chi connectivity index (χ1v) is 7.32. The Morgan fingerprint density at radius 2 is 2.14 bits per heavy atom. The Labute approximate surface area is 125 Å². The van der Waals surface area contributed by atoms with E-state index in [4.69, 9.17) is 0 Å². The summed E-state index contributed by atoms with van der Waals surface area (Å²) >= 11 is 0. The molecule has 1 amide bonds. The molecule has 1 aromatic carbocycles. The van der Waals surface area contributed by atoms with Crippen molar-refractivity contribution in [2.24, 2.45) is 0 Å². The number of pyridine rings is 1. The molecule has 4 heteroatoms. The lowest BCUT2D eigenvalue weighted by atomic mass is 9.97. The first kappa shape index (κ1) is 15.4. The second kappa shape index (κ2) is 6.68. The summed E-state index contributed by atoms with van der Waals surface area (Å²) in [5.41, 5.74) is 1.26. The van der Waals surface area contributed by atoms with Crippen molar-refractivity contribution >= 4 is 16.8 Å². The predicted octanol–water partition coefficient (Wildman–Crippen LogP) is 2.44. The molecule has 4 nitrogen and oxygen atoms in total. The smallest absolute Gasteiger partial charge is 0.224 e. The Kier molecular flexibility index (Phi) is 4.91. The highest BCUT2D eigenvalue weighted by molar-refractivity contribution is 5.83. The van der Waals surface area contributed by atoms with E-state index in [0.29, 0.717) is 0 Å². The zero-order valence-corrected chi connectivity index (χ0v) is 12.6. The number of nitrogens with one attached hydrogen (secondary N) is 1. The number of nitrogens with zero attached hydrogens (tertiary/aromatic N) is 1. The van der Waals surface area contributed by atoms with Crippen molar-refractivity contribution in [1.29, 1.82) is 0 Å². The molecule has 0 saturated heterocycles. The summed E-state index contributed by atoms with van der Waals surface area (Å²) in [5.74, 6) is -0.0860. The number of aliphatic hydroxyl groups excluding tert-OH is 1. The minimum absolute atomic E-state index is 0.0530. The van der Waals surface area contributed by atoms with Gasteiger partial charge in [-0.3, -0.25) is 9.78 Å². The lowest BCUT2D eigenvalue weighted by Gasteiger charge is -2.28. The topological polar surface area (TPSA) is 62.2 Å². The maximum atomic E-state index is 12.1. The van der Waals surface area contributed by atoms with Gasteiger partial charge in [-0.1, -0.05) is 31.5 Å². The summed E-state index contributed by atoms with van der Waals surface area (Å²) in [5, 5.41) is 13.4. The highest BCUT2D eigenvalue weighted by Crippen LogP contribution is 2.15. The van der Waals surface area contributed by atoms with E-state index >= 15 is 0 Å². The van der Waals surface area contributed by atoms with Crippen LogP contribution in [0.2, 0.25) is 0 Å². The summed E-state index contributed by atoms with van der Waals surface area (Å²) in [6.07, 6.45) is 3.68. The molecule has 0 aliphatic carbocycles. The second-order valence-corrected chi connectivity index (χ2v) is 5.73. The minimum Gasteiger partial charge on any atom is -0.394 e. The van der Waals surface area contributed by atoms with Crippen molar-refractivity contribution in [3.05, 3.63) is 42.1 Å². The van der Waals surface area contributed by atoms with Gasteiger partial charge < -0.3 is 10.4 Å². The number of aromatic nitrogens is 1. The molecule has 1 atom stereocenters. The first-order chi connectivity index (χ1) is 10.1. The number of fused-ring (bicyclic) bond motifs is 1. The molecule has 0 aliphatic rings. The SMILES string of the molecule is CCC[C@@](C)(CO)NC(=O)Cc1cnc2ccccc2c1. The molecule has 0 bridgehead atoms. The molecule has 0 saturated carbocycles. The van der Waals surface area contributed by atoms with Crippen LogP contribution in [0.25, 0.3) is 10.9 Å². The minimum atomic E-state index is -0.546. The molecule has 2 rings (SSSR count). The molecule has 2 aromatic rings. The number of hydrogen-bond donors (Lipinski definition) is 2. The van der Waals surface area contributed by atoms with Crippen LogP contribution in [-0.4, -0.2) is 28.1 Å². The molecule has 1 aromatic heterocycles. The number of carbonyl (C=O) groups excluding carboxylic acids is 1. The number of amides is 1. The zero-order valence-electron chi connectivity index (χ0n) is 12.6. The van der Waals surface area contributed by atoms with Crippen LogP contribution in [0.1, 0.15) is 32.3 Å². The molecular weight excluding hydrogens is 264 g/mol. The summed E-state index contributed by atoms with van der Waals surface area (Å²) < 4.78 is 0. The molecular formula is C17H22N2O2. The standard InChI is InChI=1S/C17H22N2O2/c1-3-8-17(2,12-20)19-16(21)10-13-9-14-6-4-5-7-15(14)18-11-13/h4-7,9,11,20H,3,8,10,12H2,1-2H3,(H,19,21)/t17-/m0/s1. The Morgan fingerprint density at radius 3 is 2.86 bits per heavy atom. The van der Waals surface area contributed by atoms with Crippen LogP contribution in [-0.2, 0) is 11.2 Å². The highest BCUT2D eigenvalue weighted by Gasteiger charge is 2.24. The van der Waals surface area contributed by atoms with Gasteiger partial charge in [0.05, 0.1) is 24.1 Å². The van der Waals surface area contributed by atoms with Crippen molar-refractivity contribution in [3.63, 3.8) is 0 Å². The van der Waals surface area contributed by atoms with Gasteiger partial charge in [-0.2, -0.15) is 0 Å². The molecule has 1 heterocycles. The molecule has 0 unspecified atom stereocenters. The quantitative estimate of drug-likeness (QED) is 0.857. The average Bonchev–Trinajstić information content (AvgIpc) is 2.47. The predicted molar refractivity (Wildman–Crippen MR) is 84.0 cm³/mol. The van der Waals surface area contributed by atoms with Gasteiger partial charge in [-0.05, 0) is 31.0 Å². The second-order valence-electron chi connectivity index (χ2n) is 5.73. The Balaban J connectivity index is 2.07. The number of benzene rings is 1. The van der Waals surface area contributed by atoms with Crippen LogP contribution in [0.5, 0.6) is 0 Å². The van der Waals surface area contributed by atoms with Gasteiger partial charge in [-0.15, -0.1) is 0 Å². The maximum absolute atomic E-state index is 12.1. The number of aliphatic hydroxyl groups is 1. The van der Waals surface area contributed by atoms with E-state index < -0.39 is 5.54 Å². The third kappa shape index (κ3) is 4.02. The Hall–Kier alpha value is -1.94. The van der Waals surface area contributed by atoms with Crippen molar-refractivity contribution in [1.82, 2.24) is 10.3 Å². The molecule has 112 valence electrons. The summed E-state index contributed by atoms with van der Waals surface area (Å²) in [6.45, 7) is 3.85. The Morgan fingerprint density at radius 1 is 1.38 bits per heavy atom. The van der Waals surface area contributed by atoms with E-state index in [2.05, 4.69) is 10.3 Å². The average molecular weight is 286 g/mol. The lowest BCUT2D eigenvalue weighted by molar-refractivity contribution is -0.122. The molecule has 2 N–H and O–H groups in total. The normalized spacial score (nSPS) is 13.9. The number of carbonyl (C=O) groups is 1. The third-order valence-electron chi connectivity index (χ3n) is 3.60. The van der Waals surface area contributed by atoms with Crippen molar-refractivity contribution in [3.8, 4) is 0 Å². The van der Waals surface area contributed by atoms with E-state index in [9.17, 15) is 9.90 Å². The van der Waals surface area contributed by atoms with E-state index in [1.54, 1.807) is 6.20 Å². The molecule has 21 heavy (non-hydrogen) atoms. The van der Waals surface area contributed by atoms with E-state index in [1.165, 1.54) is 0 Å². The first-order valence-electron chi connectivity index (χ1n) is 7.32. The van der Waals surface area contributed by atoms with Crippen LogP contribution < -0.4 is 5.32 Å². The molecule has 0 fully saturated rings. The van der Waals surface area contributed by atoms with E-state index in [1.807, 2.05) is 44.2 Å². The highest BCUT2D eigenvalue weighted by atomic mass is 16.3. The van der Waals surface area contributed by atoms with Crippen molar-refractivity contribution in [2.75, 3.05) is 6.61 Å². The summed E-state index contributed by atoms with van der Waals surface area (Å²) in [7, 11) is 0. The maximum Gasteiger partial charge on any atom is 0.224 e. The third-order valence-corrected chi connectivity index (χ3v) is 3.60. The van der Waals surface area contributed by atoms with Gasteiger partial charge in [0.2, 0.25) is 5.91 Å². The number of rotatable bonds is 6. The van der Waals surface area contributed by atoms with E-state index in [-0.39, 0.29) is 18.9 Å². The largest absolute Gasteiger partial charge is 0.394 e. The fraction of sp³-hybridized carbons (Fsp3) is 0.412. The van der Waals surface area contributed by atoms with Gasteiger partial charge in [0.15, 0.2) is 0 Å². The van der Waals surface area contributed by atoms with Gasteiger partial charge >= 0.3 is 0 Å². The molecule has 0 radical (unpaired) electrons. The van der Waals surface area contributed by atoms with Crippen LogP contribution in [0.3, 0.4) is 0 Å². The molecule has 0 spiro atoms. The fourth-order valence-electron chi connectivity index (χ4n) is 2.51. The number of para-hydroxylation sites is 1. The van der Waals surface area contributed by atoms with Crippen LogP contribution >= 0.6 is 0 Å². The van der Waals surface area contributed by atoms with Gasteiger partial charge in [0, 0.05) is 11.6 Å². The lowest BCUT2D eigenvalue weighted by Crippen LogP contribution is -2.49. The van der Waals surface area contributed by atoms with E-state index in [0.717, 1.165) is 29.3 Å². The summed E-state index contributed by atoms with van der Waals surface area (Å²) in [4.78, 5) is 16.5. The summed E-state index contributed by atoms with van der Waals surface area (Å²) in [6, 6.07) is 9.82. The van der Waals surface area contributed by atoms with Gasteiger partial charge in [0.1, 0.15) is 0 Å². The van der Waals surface area contributed by atoms with Crippen molar-refractivity contribution < 1.29 is 9.90 Å².